The summed E-state index contributed by atoms with van der Waals surface area (Å²) in [5.41, 5.74) is 9.73. The third-order valence-corrected chi connectivity index (χ3v) is 3.92. The zero-order valence-corrected chi connectivity index (χ0v) is 12.6. The van der Waals surface area contributed by atoms with Crippen LogP contribution in [0.2, 0.25) is 0 Å². The number of hydrogen-bond donors (Lipinski definition) is 2. The van der Waals surface area contributed by atoms with Crippen molar-refractivity contribution in [3.63, 3.8) is 0 Å². The van der Waals surface area contributed by atoms with Gasteiger partial charge in [0, 0.05) is 6.54 Å². The highest BCUT2D eigenvalue weighted by Gasteiger charge is 2.13. The van der Waals surface area contributed by atoms with E-state index >= 15 is 0 Å². The molecule has 19 heavy (non-hydrogen) atoms. The van der Waals surface area contributed by atoms with Crippen molar-refractivity contribution < 1.29 is 0 Å². The second kappa shape index (κ2) is 6.08. The van der Waals surface area contributed by atoms with Crippen LogP contribution in [0.5, 0.6) is 0 Å². The molecule has 0 aliphatic rings. The van der Waals surface area contributed by atoms with Crippen molar-refractivity contribution in [1.82, 2.24) is 10.2 Å². The number of rotatable bonds is 5. The van der Waals surface area contributed by atoms with E-state index in [0.29, 0.717) is 10.8 Å². The second-order valence-corrected chi connectivity index (χ2v) is 5.53. The summed E-state index contributed by atoms with van der Waals surface area (Å²) in [6.45, 7) is 4.64. The Bertz CT molecular complexity index is 579. The molecule has 0 unspecified atom stereocenters. The molecule has 3 N–H and O–H groups in total. The molecular formula is C13H16N4S2. The summed E-state index contributed by atoms with van der Waals surface area (Å²) in [5, 5.41) is 15.7. The first-order valence-electron chi connectivity index (χ1n) is 5.98. The normalized spacial score (nSPS) is 10.4. The Hall–Kier alpha value is -1.53. The zero-order chi connectivity index (χ0) is 13.8. The van der Waals surface area contributed by atoms with E-state index in [2.05, 4.69) is 32.3 Å². The first kappa shape index (κ1) is 13.9. The highest BCUT2D eigenvalue weighted by atomic mass is 32.1. The lowest BCUT2D eigenvalue weighted by Gasteiger charge is -2.12. The molecule has 4 nitrogen and oxygen atoms in total. The number of hydrogen-bond acceptors (Lipinski definition) is 5. The summed E-state index contributed by atoms with van der Waals surface area (Å²) in [5.74, 6) is 0.672. The molecule has 2 aromatic rings. The van der Waals surface area contributed by atoms with Crippen LogP contribution in [0.3, 0.4) is 0 Å². The minimum Gasteiger partial charge on any atom is -0.389 e. The third-order valence-electron chi connectivity index (χ3n) is 2.99. The summed E-state index contributed by atoms with van der Waals surface area (Å²) in [7, 11) is 0. The van der Waals surface area contributed by atoms with Gasteiger partial charge in [0.05, 0.1) is 11.3 Å². The monoisotopic (exact) mass is 292 g/mol. The van der Waals surface area contributed by atoms with Crippen molar-refractivity contribution >= 4 is 34.4 Å². The molecule has 6 heteroatoms. The largest absolute Gasteiger partial charge is 0.389 e. The molecule has 0 aromatic carbocycles. The molecule has 0 atom stereocenters. The van der Waals surface area contributed by atoms with Gasteiger partial charge in [-0.3, -0.25) is 0 Å². The number of thiophene rings is 1. The molecule has 0 aliphatic carbocycles. The zero-order valence-electron chi connectivity index (χ0n) is 10.9. The quantitative estimate of drug-likeness (QED) is 0.829. The van der Waals surface area contributed by atoms with Gasteiger partial charge in [0.25, 0.3) is 0 Å². The average molecular weight is 292 g/mol. The van der Waals surface area contributed by atoms with Crippen molar-refractivity contribution in [3.8, 4) is 0 Å². The average Bonchev–Trinajstić information content (AvgIpc) is 2.86. The second-order valence-electron chi connectivity index (χ2n) is 4.31. The Morgan fingerprint density at radius 2 is 2.21 bits per heavy atom. The topological polar surface area (TPSA) is 63.8 Å². The van der Waals surface area contributed by atoms with Crippen molar-refractivity contribution in [3.05, 3.63) is 39.2 Å². The van der Waals surface area contributed by atoms with Gasteiger partial charge in [-0.05, 0) is 48.2 Å². The molecule has 0 saturated carbocycles. The maximum absolute atomic E-state index is 5.78. The Balaban J connectivity index is 2.11. The molecule has 0 fully saturated rings. The van der Waals surface area contributed by atoms with Gasteiger partial charge in [-0.2, -0.15) is 16.4 Å². The van der Waals surface area contributed by atoms with Crippen LogP contribution in [0, 0.1) is 13.8 Å². The van der Waals surface area contributed by atoms with Crippen LogP contribution in [-0.4, -0.2) is 21.7 Å². The lowest BCUT2D eigenvalue weighted by atomic mass is 10.1. The smallest absolute Gasteiger partial charge is 0.159 e. The molecule has 0 saturated heterocycles. The molecule has 2 heterocycles. The highest BCUT2D eigenvalue weighted by molar-refractivity contribution is 7.80. The lowest BCUT2D eigenvalue weighted by molar-refractivity contribution is 0.931. The molecule has 100 valence electrons. The Morgan fingerprint density at radius 1 is 1.42 bits per heavy atom. The van der Waals surface area contributed by atoms with E-state index in [4.69, 9.17) is 18.0 Å². The summed E-state index contributed by atoms with van der Waals surface area (Å²) in [6, 6.07) is 2.12. The number of aromatic nitrogens is 2. The number of nitrogens with one attached hydrogen (secondary N) is 1. The van der Waals surface area contributed by atoms with E-state index in [1.165, 1.54) is 5.56 Å². The van der Waals surface area contributed by atoms with Gasteiger partial charge in [-0.25, -0.2) is 0 Å². The fourth-order valence-electron chi connectivity index (χ4n) is 1.79. The number of anilines is 1. The van der Waals surface area contributed by atoms with Gasteiger partial charge in [-0.1, -0.05) is 12.2 Å². The molecule has 0 aliphatic heterocycles. The molecular weight excluding hydrogens is 276 g/mol. The predicted octanol–water partition coefficient (Wildman–Crippen LogP) is 2.44. The molecule has 0 amide bonds. The number of thiocarbonyl (C=S) groups is 1. The van der Waals surface area contributed by atoms with E-state index in [9.17, 15) is 0 Å². The van der Waals surface area contributed by atoms with Crippen molar-refractivity contribution in [2.24, 2.45) is 5.73 Å². The summed E-state index contributed by atoms with van der Waals surface area (Å²) in [6.07, 6.45) is 0.939. The maximum Gasteiger partial charge on any atom is 0.159 e. The fraction of sp³-hybridized carbons (Fsp3) is 0.308. The number of nitrogens with zero attached hydrogens (tertiary/aromatic N) is 2. The first-order valence-corrected chi connectivity index (χ1v) is 7.33. The van der Waals surface area contributed by atoms with Crippen LogP contribution in [0.1, 0.15) is 22.4 Å². The fourth-order valence-corrected chi connectivity index (χ4v) is 2.75. The minimum absolute atomic E-state index is 0.355. The predicted molar refractivity (Wildman–Crippen MR) is 83.9 cm³/mol. The maximum atomic E-state index is 5.78. The van der Waals surface area contributed by atoms with Gasteiger partial charge in [0.15, 0.2) is 5.82 Å². The Labute approximate surface area is 122 Å². The van der Waals surface area contributed by atoms with Crippen LogP contribution in [0.15, 0.2) is 16.8 Å². The van der Waals surface area contributed by atoms with Crippen LogP contribution in [0.4, 0.5) is 5.82 Å². The van der Waals surface area contributed by atoms with Gasteiger partial charge in [0.1, 0.15) is 4.99 Å². The summed E-state index contributed by atoms with van der Waals surface area (Å²) < 4.78 is 0. The standard InChI is InChI=1S/C13H16N4S2/c1-8-9(2)16-17-13(11(8)12(14)18)15-5-3-10-4-6-19-7-10/h4,6-7H,3,5H2,1-2H3,(H2,14,18)(H,15,17). The SMILES string of the molecule is Cc1nnc(NCCc2ccsc2)c(C(N)=S)c1C. The molecule has 0 bridgehead atoms. The molecule has 0 spiro atoms. The van der Waals surface area contributed by atoms with Crippen molar-refractivity contribution in [2.45, 2.75) is 20.3 Å². The summed E-state index contributed by atoms with van der Waals surface area (Å²) in [4.78, 5) is 0.355. The first-order chi connectivity index (χ1) is 9.09. The molecule has 2 aromatic heterocycles. The van der Waals surface area contributed by atoms with Gasteiger partial charge < -0.3 is 11.1 Å². The number of nitrogens with two attached hydrogens (primary N) is 1. The number of aryl methyl sites for hydroxylation is 1. The lowest BCUT2D eigenvalue weighted by Crippen LogP contribution is -2.19. The van der Waals surface area contributed by atoms with Crippen LogP contribution in [-0.2, 0) is 6.42 Å². The van der Waals surface area contributed by atoms with Gasteiger partial charge in [-0.15, -0.1) is 5.10 Å². The molecule has 0 radical (unpaired) electrons. The van der Waals surface area contributed by atoms with Crippen molar-refractivity contribution in [2.75, 3.05) is 11.9 Å². The van der Waals surface area contributed by atoms with Gasteiger partial charge in [0.2, 0.25) is 0 Å². The van der Waals surface area contributed by atoms with E-state index in [1.807, 2.05) is 13.8 Å². The Morgan fingerprint density at radius 3 is 2.84 bits per heavy atom. The van der Waals surface area contributed by atoms with Crippen LogP contribution >= 0.6 is 23.6 Å². The van der Waals surface area contributed by atoms with Crippen LogP contribution < -0.4 is 11.1 Å². The van der Waals surface area contributed by atoms with E-state index in [-0.39, 0.29) is 0 Å². The van der Waals surface area contributed by atoms with E-state index < -0.39 is 0 Å². The van der Waals surface area contributed by atoms with Gasteiger partial charge >= 0.3 is 0 Å². The minimum atomic E-state index is 0.355. The molecule has 2 rings (SSSR count). The highest BCUT2D eigenvalue weighted by Crippen LogP contribution is 2.18. The van der Waals surface area contributed by atoms with E-state index in [1.54, 1.807) is 11.3 Å². The Kier molecular flexibility index (Phi) is 4.44. The van der Waals surface area contributed by atoms with Crippen LogP contribution in [0.25, 0.3) is 0 Å². The summed E-state index contributed by atoms with van der Waals surface area (Å²) >= 11 is 6.80. The van der Waals surface area contributed by atoms with E-state index in [0.717, 1.165) is 29.8 Å². The third kappa shape index (κ3) is 3.27. The van der Waals surface area contributed by atoms with Crippen molar-refractivity contribution in [1.29, 1.82) is 0 Å².